The molecule has 0 radical (unpaired) electrons. The normalized spacial score (nSPS) is 17.1. The first-order valence-corrected chi connectivity index (χ1v) is 9.99. The average molecular weight is 392 g/mol. The number of Topliss-reactive ketones (excluding diaryl/α,β-unsaturated/α-hetero) is 1. The molecule has 3 rings (SSSR count). The van der Waals surface area contributed by atoms with Gasteiger partial charge in [-0.05, 0) is 56.4 Å². The van der Waals surface area contributed by atoms with E-state index in [1.54, 1.807) is 0 Å². The Morgan fingerprint density at radius 1 is 1.10 bits per heavy atom. The first-order chi connectivity index (χ1) is 13.9. The molecule has 1 aliphatic carbocycles. The van der Waals surface area contributed by atoms with Gasteiger partial charge >= 0.3 is 0 Å². The van der Waals surface area contributed by atoms with Crippen molar-refractivity contribution in [3.63, 3.8) is 0 Å². The number of ketones is 1. The van der Waals surface area contributed by atoms with Crippen molar-refractivity contribution >= 4 is 17.1 Å². The zero-order valence-electron chi connectivity index (χ0n) is 17.9. The van der Waals surface area contributed by atoms with Gasteiger partial charge in [-0.15, -0.1) is 0 Å². The van der Waals surface area contributed by atoms with Crippen molar-refractivity contribution in [2.24, 2.45) is 11.1 Å². The summed E-state index contributed by atoms with van der Waals surface area (Å²) < 4.78 is 6.32. The third-order valence-corrected chi connectivity index (χ3v) is 5.28. The Hall–Kier alpha value is -2.88. The van der Waals surface area contributed by atoms with Crippen molar-refractivity contribution < 1.29 is 14.4 Å². The van der Waals surface area contributed by atoms with E-state index in [-0.39, 0.29) is 11.7 Å². The lowest BCUT2D eigenvalue weighted by Crippen LogP contribution is -2.09. The van der Waals surface area contributed by atoms with E-state index in [1.165, 1.54) is 12.7 Å². The maximum Gasteiger partial charge on any atom is 0.167 e. The highest BCUT2D eigenvalue weighted by atomic mass is 16.6. The van der Waals surface area contributed by atoms with Crippen LogP contribution in [0.1, 0.15) is 47.6 Å². The summed E-state index contributed by atoms with van der Waals surface area (Å²) in [7, 11) is 1.54. The number of hydrogen-bond donors (Lipinski definition) is 0. The predicted octanol–water partition coefficient (Wildman–Crippen LogP) is 5.54. The third-order valence-electron chi connectivity index (χ3n) is 5.28. The van der Waals surface area contributed by atoms with Gasteiger partial charge in [-0.2, -0.15) is 0 Å². The van der Waals surface area contributed by atoms with Crippen molar-refractivity contribution in [2.45, 2.75) is 47.1 Å². The summed E-state index contributed by atoms with van der Waals surface area (Å²) in [5.74, 6) is 0.887. The number of nitrogens with zero attached hydrogens (tertiary/aromatic N) is 1. The van der Waals surface area contributed by atoms with Gasteiger partial charge in [0.15, 0.2) is 5.78 Å². The summed E-state index contributed by atoms with van der Waals surface area (Å²) in [5.41, 5.74) is 7.07. The Kier molecular flexibility index (Phi) is 6.53. The molecule has 0 bridgehead atoms. The SMILES string of the molecule is CO/N=C(/C)CC1CC(=O)C(c2c(C)cc(C)cc2C)=C1OCc1ccccc1. The van der Waals surface area contributed by atoms with Crippen molar-refractivity contribution in [1.29, 1.82) is 0 Å². The molecule has 29 heavy (non-hydrogen) atoms. The second-order valence-electron chi connectivity index (χ2n) is 7.82. The number of aryl methyl sites for hydroxylation is 3. The lowest BCUT2D eigenvalue weighted by Gasteiger charge is -2.18. The lowest BCUT2D eigenvalue weighted by molar-refractivity contribution is -0.113. The third kappa shape index (κ3) is 4.76. The zero-order chi connectivity index (χ0) is 21.0. The molecule has 0 amide bonds. The highest BCUT2D eigenvalue weighted by Gasteiger charge is 2.36. The van der Waals surface area contributed by atoms with E-state index in [2.05, 4.69) is 38.1 Å². The van der Waals surface area contributed by atoms with E-state index >= 15 is 0 Å². The quantitative estimate of drug-likeness (QED) is 0.460. The van der Waals surface area contributed by atoms with Crippen LogP contribution in [-0.4, -0.2) is 18.6 Å². The Balaban J connectivity index is 2.04. The van der Waals surface area contributed by atoms with Gasteiger partial charge in [0, 0.05) is 12.3 Å². The van der Waals surface area contributed by atoms with Crippen LogP contribution < -0.4 is 0 Å². The number of benzene rings is 2. The van der Waals surface area contributed by atoms with Crippen LogP contribution in [0.4, 0.5) is 0 Å². The summed E-state index contributed by atoms with van der Waals surface area (Å²) in [5, 5.41) is 4.04. The molecule has 0 saturated carbocycles. The van der Waals surface area contributed by atoms with Crippen LogP contribution in [0.5, 0.6) is 0 Å². The molecular formula is C25H29NO3. The van der Waals surface area contributed by atoms with Crippen LogP contribution in [-0.2, 0) is 21.0 Å². The molecular weight excluding hydrogens is 362 g/mol. The molecule has 1 atom stereocenters. The van der Waals surface area contributed by atoms with Crippen LogP contribution in [0.25, 0.3) is 5.57 Å². The summed E-state index contributed by atoms with van der Waals surface area (Å²) in [6.07, 6.45) is 1.07. The Bertz CT molecular complexity index is 934. The monoisotopic (exact) mass is 391 g/mol. The molecule has 0 aliphatic heterocycles. The summed E-state index contributed by atoms with van der Waals surface area (Å²) in [4.78, 5) is 18.0. The fourth-order valence-electron chi connectivity index (χ4n) is 4.24. The molecule has 1 unspecified atom stereocenters. The molecule has 0 aromatic heterocycles. The van der Waals surface area contributed by atoms with Crippen molar-refractivity contribution in [1.82, 2.24) is 0 Å². The molecule has 0 heterocycles. The lowest BCUT2D eigenvalue weighted by atomic mass is 9.92. The minimum absolute atomic E-state index is 0.0276. The second-order valence-corrected chi connectivity index (χ2v) is 7.82. The predicted molar refractivity (Wildman–Crippen MR) is 117 cm³/mol. The summed E-state index contributed by atoms with van der Waals surface area (Å²) in [6.45, 7) is 8.57. The van der Waals surface area contributed by atoms with E-state index in [1.807, 2.05) is 37.3 Å². The van der Waals surface area contributed by atoms with Crippen LogP contribution >= 0.6 is 0 Å². The van der Waals surface area contributed by atoms with E-state index in [0.717, 1.165) is 39.3 Å². The van der Waals surface area contributed by atoms with Gasteiger partial charge in [-0.1, -0.05) is 53.2 Å². The maximum atomic E-state index is 13.1. The Labute approximate surface area is 173 Å². The number of carbonyl (C=O) groups is 1. The van der Waals surface area contributed by atoms with Gasteiger partial charge in [0.1, 0.15) is 19.5 Å². The number of carbonyl (C=O) groups excluding carboxylic acids is 1. The van der Waals surface area contributed by atoms with Gasteiger partial charge in [0.25, 0.3) is 0 Å². The molecule has 1 aliphatic rings. The van der Waals surface area contributed by atoms with Crippen LogP contribution in [0.3, 0.4) is 0 Å². The van der Waals surface area contributed by atoms with E-state index in [4.69, 9.17) is 9.57 Å². The van der Waals surface area contributed by atoms with Crippen molar-refractivity contribution in [2.75, 3.05) is 7.11 Å². The molecule has 4 nitrogen and oxygen atoms in total. The molecule has 0 fully saturated rings. The number of allylic oxidation sites excluding steroid dienone is 2. The Morgan fingerprint density at radius 2 is 1.76 bits per heavy atom. The van der Waals surface area contributed by atoms with Crippen molar-refractivity contribution in [3.8, 4) is 0 Å². The second kappa shape index (κ2) is 9.08. The average Bonchev–Trinajstić information content (AvgIpc) is 2.95. The number of ether oxygens (including phenoxy) is 1. The molecule has 0 saturated heterocycles. The summed E-state index contributed by atoms with van der Waals surface area (Å²) in [6, 6.07) is 14.3. The number of oxime groups is 1. The van der Waals surface area contributed by atoms with Gasteiger partial charge in [0.05, 0.1) is 11.3 Å². The number of hydrogen-bond acceptors (Lipinski definition) is 4. The number of rotatable bonds is 7. The van der Waals surface area contributed by atoms with Gasteiger partial charge in [-0.25, -0.2) is 0 Å². The Morgan fingerprint density at radius 3 is 2.38 bits per heavy atom. The maximum absolute atomic E-state index is 13.1. The van der Waals surface area contributed by atoms with Crippen LogP contribution in [0.15, 0.2) is 53.4 Å². The van der Waals surface area contributed by atoms with E-state index in [9.17, 15) is 4.79 Å². The minimum atomic E-state index is -0.0276. The first-order valence-electron chi connectivity index (χ1n) is 9.99. The highest BCUT2D eigenvalue weighted by Crippen LogP contribution is 2.41. The fourth-order valence-corrected chi connectivity index (χ4v) is 4.24. The van der Waals surface area contributed by atoms with Gasteiger partial charge < -0.3 is 9.57 Å². The zero-order valence-corrected chi connectivity index (χ0v) is 17.9. The van der Waals surface area contributed by atoms with Crippen LogP contribution in [0, 0.1) is 26.7 Å². The molecule has 0 N–H and O–H groups in total. The fraction of sp³-hybridized carbons (Fsp3) is 0.360. The largest absolute Gasteiger partial charge is 0.492 e. The topological polar surface area (TPSA) is 47.9 Å². The summed E-state index contributed by atoms with van der Waals surface area (Å²) >= 11 is 0. The van der Waals surface area contributed by atoms with Crippen molar-refractivity contribution in [3.05, 3.63) is 76.0 Å². The van der Waals surface area contributed by atoms with E-state index < -0.39 is 0 Å². The highest BCUT2D eigenvalue weighted by molar-refractivity contribution is 6.24. The van der Waals surface area contributed by atoms with Gasteiger partial charge in [-0.3, -0.25) is 4.79 Å². The first kappa shape index (κ1) is 20.8. The smallest absolute Gasteiger partial charge is 0.167 e. The van der Waals surface area contributed by atoms with Gasteiger partial charge in [0.2, 0.25) is 0 Å². The van der Waals surface area contributed by atoms with Crippen LogP contribution in [0.2, 0.25) is 0 Å². The molecule has 4 heteroatoms. The molecule has 2 aromatic carbocycles. The standard InChI is InChI=1S/C25H29NO3/c1-16-11-17(2)23(18(3)12-16)24-22(27)14-21(13-19(4)26-28-5)25(24)29-15-20-9-7-6-8-10-20/h6-12,21H,13-15H2,1-5H3/b26-19-. The minimum Gasteiger partial charge on any atom is -0.492 e. The van der Waals surface area contributed by atoms with E-state index in [0.29, 0.717) is 19.4 Å². The molecule has 0 spiro atoms. The molecule has 152 valence electrons. The molecule has 2 aromatic rings.